The Bertz CT molecular complexity index is 594. The van der Waals surface area contributed by atoms with Crippen molar-refractivity contribution in [3.05, 3.63) is 0 Å². The molecule has 0 atom stereocenters. The molecule has 4 amide bonds. The van der Waals surface area contributed by atoms with Crippen LogP contribution < -0.4 is 4.72 Å². The zero-order valence-electron chi connectivity index (χ0n) is 10.7. The molecule has 1 saturated heterocycles. The van der Waals surface area contributed by atoms with Crippen LogP contribution in [0, 0.1) is 0 Å². The number of nitrogens with one attached hydrogen (secondary N) is 1. The predicted molar refractivity (Wildman–Crippen MR) is 66.2 cm³/mol. The molecule has 0 spiro atoms. The summed E-state index contributed by atoms with van der Waals surface area (Å²) in [5, 5.41) is -0.847. The van der Waals surface area contributed by atoms with Crippen LogP contribution in [-0.2, 0) is 20.0 Å². The average molecular weight is 313 g/mol. The van der Waals surface area contributed by atoms with Crippen LogP contribution in [0.4, 0.5) is 9.59 Å². The first kappa shape index (κ1) is 15.7. The fraction of sp³-hybridized carbons (Fsp3) is 0.750. The molecular weight excluding hydrogens is 298 g/mol. The Morgan fingerprint density at radius 1 is 1.21 bits per heavy atom. The van der Waals surface area contributed by atoms with E-state index >= 15 is 0 Å². The third kappa shape index (κ3) is 3.35. The lowest BCUT2D eigenvalue weighted by Gasteiger charge is -2.17. The van der Waals surface area contributed by atoms with Gasteiger partial charge in [-0.05, 0) is 13.8 Å². The summed E-state index contributed by atoms with van der Waals surface area (Å²) in [4.78, 5) is 23.9. The maximum atomic E-state index is 11.7. The average Bonchev–Trinajstić information content (AvgIpc) is 2.58. The van der Waals surface area contributed by atoms with Gasteiger partial charge in [-0.1, -0.05) is 0 Å². The predicted octanol–water partition coefficient (Wildman–Crippen LogP) is -0.869. The Morgan fingerprint density at radius 3 is 2.11 bits per heavy atom. The van der Waals surface area contributed by atoms with Crippen molar-refractivity contribution in [3.8, 4) is 0 Å². The zero-order valence-corrected chi connectivity index (χ0v) is 12.3. The summed E-state index contributed by atoms with van der Waals surface area (Å²) in [5.41, 5.74) is 0. The van der Waals surface area contributed by atoms with Gasteiger partial charge in [0, 0.05) is 0 Å². The summed E-state index contributed by atoms with van der Waals surface area (Å²) < 4.78 is 47.7. The maximum Gasteiger partial charge on any atom is 0.341 e. The fourth-order valence-corrected chi connectivity index (χ4v) is 2.69. The number of nitrogens with zero attached hydrogens (tertiary/aromatic N) is 2. The van der Waals surface area contributed by atoms with Crippen LogP contribution in [0.25, 0.3) is 0 Å². The molecule has 0 saturated carbocycles. The van der Waals surface area contributed by atoms with Crippen LogP contribution in [0.2, 0.25) is 0 Å². The molecule has 0 aromatic carbocycles. The Hall–Kier alpha value is -1.36. The van der Waals surface area contributed by atoms with Crippen LogP contribution in [0.1, 0.15) is 13.8 Å². The second kappa shape index (κ2) is 4.96. The molecule has 0 aromatic heterocycles. The molecule has 11 heteroatoms. The van der Waals surface area contributed by atoms with Gasteiger partial charge in [0.1, 0.15) is 0 Å². The molecule has 9 nitrogen and oxygen atoms in total. The molecule has 0 aromatic rings. The lowest BCUT2D eigenvalue weighted by atomic mass is 10.6. The molecular formula is C8H15N3O6S2. The highest BCUT2D eigenvalue weighted by molar-refractivity contribution is 7.90. The van der Waals surface area contributed by atoms with Crippen molar-refractivity contribution >= 4 is 32.1 Å². The minimum absolute atomic E-state index is 0.188. The normalized spacial score (nSPS) is 17.2. The van der Waals surface area contributed by atoms with Gasteiger partial charge in [0.05, 0.1) is 24.6 Å². The van der Waals surface area contributed by atoms with E-state index in [0.717, 1.165) is 6.26 Å². The van der Waals surface area contributed by atoms with E-state index in [-0.39, 0.29) is 13.1 Å². The zero-order chi connectivity index (χ0) is 15.0. The first-order valence-corrected chi connectivity index (χ1v) is 8.71. The smallest absolute Gasteiger partial charge is 0.247 e. The number of urea groups is 2. The lowest BCUT2D eigenvalue weighted by molar-refractivity contribution is 0.197. The van der Waals surface area contributed by atoms with Gasteiger partial charge in [-0.15, -0.1) is 0 Å². The van der Waals surface area contributed by atoms with Crippen molar-refractivity contribution < 1.29 is 26.4 Å². The van der Waals surface area contributed by atoms with Crippen molar-refractivity contribution in [1.82, 2.24) is 13.9 Å². The van der Waals surface area contributed by atoms with Gasteiger partial charge in [-0.25, -0.2) is 40.4 Å². The second-order valence-corrected chi connectivity index (χ2v) is 8.41. The molecule has 19 heavy (non-hydrogen) atoms. The van der Waals surface area contributed by atoms with Gasteiger partial charge in [-0.3, -0.25) is 0 Å². The van der Waals surface area contributed by atoms with Crippen molar-refractivity contribution in [2.45, 2.75) is 19.1 Å². The number of carbonyl (C=O) groups excluding carboxylic acids is 2. The molecule has 1 aliphatic heterocycles. The molecule has 1 N–H and O–H groups in total. The van der Waals surface area contributed by atoms with Crippen molar-refractivity contribution in [2.75, 3.05) is 19.3 Å². The first-order chi connectivity index (χ1) is 8.47. The summed E-state index contributed by atoms with van der Waals surface area (Å²) >= 11 is 0. The van der Waals surface area contributed by atoms with Crippen LogP contribution in [-0.4, -0.2) is 62.7 Å². The van der Waals surface area contributed by atoms with Gasteiger partial charge in [-0.2, -0.15) is 0 Å². The summed E-state index contributed by atoms with van der Waals surface area (Å²) in [6.45, 7) is 2.35. The monoisotopic (exact) mass is 313 g/mol. The Labute approximate surface area is 111 Å². The number of imide groups is 1. The van der Waals surface area contributed by atoms with E-state index in [2.05, 4.69) is 0 Å². The fourth-order valence-electron chi connectivity index (χ4n) is 1.31. The number of sulfonamides is 2. The summed E-state index contributed by atoms with van der Waals surface area (Å²) in [5.74, 6) is 0. The highest BCUT2D eigenvalue weighted by Gasteiger charge is 2.39. The maximum absolute atomic E-state index is 11.7. The summed E-state index contributed by atoms with van der Waals surface area (Å²) in [7, 11) is -7.64. The molecule has 0 unspecified atom stereocenters. The molecule has 0 aliphatic carbocycles. The van der Waals surface area contributed by atoms with E-state index in [4.69, 9.17) is 0 Å². The van der Waals surface area contributed by atoms with E-state index < -0.39 is 37.4 Å². The number of hydrogen-bond donors (Lipinski definition) is 1. The number of amides is 4. The Morgan fingerprint density at radius 2 is 1.74 bits per heavy atom. The van der Waals surface area contributed by atoms with E-state index in [1.54, 1.807) is 4.72 Å². The Kier molecular flexibility index (Phi) is 4.10. The first-order valence-electron chi connectivity index (χ1n) is 5.31. The molecule has 1 fully saturated rings. The molecule has 110 valence electrons. The second-order valence-electron chi connectivity index (χ2n) is 4.27. The van der Waals surface area contributed by atoms with Gasteiger partial charge < -0.3 is 0 Å². The van der Waals surface area contributed by atoms with Crippen molar-refractivity contribution in [2.24, 2.45) is 0 Å². The molecule has 0 radical (unpaired) electrons. The van der Waals surface area contributed by atoms with Crippen molar-refractivity contribution in [3.63, 3.8) is 0 Å². The van der Waals surface area contributed by atoms with Crippen LogP contribution in [0.5, 0.6) is 0 Å². The van der Waals surface area contributed by atoms with E-state index in [1.165, 1.54) is 13.8 Å². The van der Waals surface area contributed by atoms with Crippen LogP contribution >= 0.6 is 0 Å². The molecule has 1 heterocycles. The van der Waals surface area contributed by atoms with Crippen LogP contribution in [0.3, 0.4) is 0 Å². The third-order valence-electron chi connectivity index (χ3n) is 2.47. The molecule has 0 bridgehead atoms. The van der Waals surface area contributed by atoms with Crippen molar-refractivity contribution in [1.29, 1.82) is 0 Å². The topological polar surface area (TPSA) is 121 Å². The van der Waals surface area contributed by atoms with E-state index in [1.807, 2.05) is 0 Å². The van der Waals surface area contributed by atoms with Crippen LogP contribution in [0.15, 0.2) is 0 Å². The summed E-state index contributed by atoms with van der Waals surface area (Å²) in [6.07, 6.45) is 0.831. The van der Waals surface area contributed by atoms with E-state index in [9.17, 15) is 26.4 Å². The van der Waals surface area contributed by atoms with Gasteiger partial charge in [0.15, 0.2) is 0 Å². The summed E-state index contributed by atoms with van der Waals surface area (Å²) in [6, 6.07) is -2.20. The lowest BCUT2D eigenvalue weighted by Crippen LogP contribution is -2.47. The molecule has 1 aliphatic rings. The number of rotatable bonds is 3. The molecule has 1 rings (SSSR count). The SMILES string of the molecule is CC(C)S(=O)(=O)NC(=O)N1CCN(S(C)(=O)=O)C1=O. The highest BCUT2D eigenvalue weighted by atomic mass is 32.2. The largest absolute Gasteiger partial charge is 0.341 e. The minimum atomic E-state index is -3.87. The van der Waals surface area contributed by atoms with Gasteiger partial charge in [0.2, 0.25) is 20.0 Å². The third-order valence-corrected chi connectivity index (χ3v) is 5.31. The number of hydrogen-bond acceptors (Lipinski definition) is 6. The standard InChI is InChI=1S/C8H15N3O6S2/c1-6(2)19(16,17)9-7(12)10-4-5-11(8(10)13)18(3,14)15/h6H,4-5H2,1-3H3,(H,9,12). The van der Waals surface area contributed by atoms with E-state index in [0.29, 0.717) is 9.21 Å². The Balaban J connectivity index is 2.85. The highest BCUT2D eigenvalue weighted by Crippen LogP contribution is 2.13. The minimum Gasteiger partial charge on any atom is -0.247 e. The quantitative estimate of drug-likeness (QED) is 0.723. The number of carbonyl (C=O) groups is 2. The van der Waals surface area contributed by atoms with Gasteiger partial charge >= 0.3 is 12.1 Å². The van der Waals surface area contributed by atoms with Gasteiger partial charge in [0.25, 0.3) is 0 Å².